The maximum atomic E-state index is 12.8. The van der Waals surface area contributed by atoms with Gasteiger partial charge in [0.25, 0.3) is 11.3 Å². The van der Waals surface area contributed by atoms with Crippen LogP contribution in [0.3, 0.4) is 0 Å². The highest BCUT2D eigenvalue weighted by Gasteiger charge is 2.24. The molecule has 0 aliphatic carbocycles. The van der Waals surface area contributed by atoms with Crippen LogP contribution >= 0.6 is 0 Å². The van der Waals surface area contributed by atoms with E-state index in [1.54, 1.807) is 18.4 Å². The van der Waals surface area contributed by atoms with Crippen molar-refractivity contribution in [1.82, 2.24) is 29.5 Å². The van der Waals surface area contributed by atoms with Gasteiger partial charge in [-0.3, -0.25) is 9.59 Å². The fourth-order valence-electron chi connectivity index (χ4n) is 4.13. The topological polar surface area (TPSA) is 123 Å². The number of H-pyrrole nitrogens is 1. The molecule has 3 aromatic rings. The van der Waals surface area contributed by atoms with Crippen LogP contribution in [0.2, 0.25) is 0 Å². The molecule has 1 aliphatic rings. The van der Waals surface area contributed by atoms with Crippen LogP contribution in [-0.4, -0.2) is 61.6 Å². The van der Waals surface area contributed by atoms with E-state index in [2.05, 4.69) is 25.0 Å². The van der Waals surface area contributed by atoms with Crippen LogP contribution in [0.5, 0.6) is 0 Å². The number of pyridine rings is 1. The van der Waals surface area contributed by atoms with E-state index in [4.69, 9.17) is 0 Å². The number of nitriles is 1. The molecule has 0 unspecified atom stereocenters. The average Bonchev–Trinajstić information content (AvgIpc) is 3.21. The smallest absolute Gasteiger partial charge is 0.266 e. The number of nitrogens with one attached hydrogen (secondary N) is 1. The molecule has 1 amide bonds. The van der Waals surface area contributed by atoms with Crippen LogP contribution < -0.4 is 10.5 Å². The Balaban J connectivity index is 1.41. The molecule has 0 spiro atoms. The monoisotopic (exact) mass is 420 g/mol. The predicted molar refractivity (Wildman–Crippen MR) is 114 cm³/mol. The molecule has 4 rings (SSSR count). The van der Waals surface area contributed by atoms with Crippen molar-refractivity contribution in [3.05, 3.63) is 50.8 Å². The van der Waals surface area contributed by atoms with E-state index < -0.39 is 0 Å². The van der Waals surface area contributed by atoms with Crippen molar-refractivity contribution in [1.29, 1.82) is 5.26 Å². The molecule has 3 aromatic heterocycles. The minimum Gasteiger partial charge on any atom is -0.353 e. The van der Waals surface area contributed by atoms with E-state index in [1.165, 1.54) is 6.33 Å². The van der Waals surface area contributed by atoms with E-state index in [9.17, 15) is 14.9 Å². The first-order chi connectivity index (χ1) is 14.9. The third-order valence-corrected chi connectivity index (χ3v) is 5.83. The number of hydrogen-bond donors (Lipinski definition) is 1. The number of hydrogen-bond acceptors (Lipinski definition) is 7. The summed E-state index contributed by atoms with van der Waals surface area (Å²) in [6.07, 6.45) is 2.31. The van der Waals surface area contributed by atoms with Crippen molar-refractivity contribution in [2.24, 2.45) is 0 Å². The lowest BCUT2D eigenvalue weighted by molar-refractivity contribution is -0.131. The van der Waals surface area contributed by atoms with Gasteiger partial charge in [0.15, 0.2) is 0 Å². The zero-order chi connectivity index (χ0) is 22.1. The number of carbonyl (C=O) groups is 1. The van der Waals surface area contributed by atoms with Crippen molar-refractivity contribution in [3.63, 3.8) is 0 Å². The number of nitrogens with zero attached hydrogens (tertiary/aromatic N) is 7. The number of piperazine rings is 1. The van der Waals surface area contributed by atoms with Crippen LogP contribution in [0.15, 0.2) is 17.2 Å². The minimum atomic E-state index is -0.378. The van der Waals surface area contributed by atoms with Crippen LogP contribution in [0.4, 0.5) is 5.82 Å². The van der Waals surface area contributed by atoms with E-state index in [-0.39, 0.29) is 17.0 Å². The summed E-state index contributed by atoms with van der Waals surface area (Å²) in [7, 11) is 0. The number of aromatic amines is 1. The maximum Gasteiger partial charge on any atom is 0.266 e. The van der Waals surface area contributed by atoms with Gasteiger partial charge in [-0.05, 0) is 38.3 Å². The number of fused-ring (bicyclic) bond motifs is 1. The zero-order valence-electron chi connectivity index (χ0n) is 17.8. The van der Waals surface area contributed by atoms with Gasteiger partial charge in [-0.15, -0.1) is 0 Å². The first-order valence-corrected chi connectivity index (χ1v) is 10.2. The largest absolute Gasteiger partial charge is 0.353 e. The molecule has 1 fully saturated rings. The summed E-state index contributed by atoms with van der Waals surface area (Å²) < 4.78 is 1.72. The van der Waals surface area contributed by atoms with Gasteiger partial charge in [0, 0.05) is 50.1 Å². The second-order valence-corrected chi connectivity index (χ2v) is 7.76. The van der Waals surface area contributed by atoms with E-state index in [0.29, 0.717) is 56.1 Å². The summed E-state index contributed by atoms with van der Waals surface area (Å²) in [6, 6.07) is 3.94. The Morgan fingerprint density at radius 3 is 2.68 bits per heavy atom. The van der Waals surface area contributed by atoms with Crippen LogP contribution in [-0.2, 0) is 11.2 Å². The predicted octanol–water partition coefficient (Wildman–Crippen LogP) is 0.891. The van der Waals surface area contributed by atoms with Gasteiger partial charge in [-0.25, -0.2) is 4.98 Å². The number of amides is 1. The number of aryl methyl sites for hydroxylation is 2. The third-order valence-electron chi connectivity index (χ3n) is 5.83. The molecule has 0 saturated carbocycles. The Kier molecular flexibility index (Phi) is 5.42. The highest BCUT2D eigenvalue weighted by molar-refractivity contribution is 5.77. The Hall–Kier alpha value is -3.74. The van der Waals surface area contributed by atoms with Gasteiger partial charge in [0.2, 0.25) is 5.91 Å². The van der Waals surface area contributed by atoms with E-state index in [0.717, 1.165) is 17.1 Å². The summed E-state index contributed by atoms with van der Waals surface area (Å²) >= 11 is 0. The van der Waals surface area contributed by atoms with Crippen molar-refractivity contribution in [2.75, 3.05) is 31.1 Å². The minimum absolute atomic E-state index is 0.0694. The third kappa shape index (κ3) is 3.86. The number of aromatic nitrogens is 5. The number of anilines is 1. The van der Waals surface area contributed by atoms with Gasteiger partial charge in [-0.2, -0.15) is 19.9 Å². The molecule has 0 radical (unpaired) electrons. The SMILES string of the molecule is Cc1cc(N2CCN(C(=O)CCc3c(C)[nH]c(=O)c(C#N)c3C)CC2)n2ncnc2n1. The molecule has 160 valence electrons. The molecular weight excluding hydrogens is 396 g/mol. The lowest BCUT2D eigenvalue weighted by atomic mass is 9.99. The summed E-state index contributed by atoms with van der Waals surface area (Å²) in [4.78, 5) is 40.0. The quantitative estimate of drug-likeness (QED) is 0.665. The normalized spacial score (nSPS) is 14.1. The molecule has 1 saturated heterocycles. The highest BCUT2D eigenvalue weighted by Crippen LogP contribution is 2.19. The highest BCUT2D eigenvalue weighted by atomic mass is 16.2. The average molecular weight is 420 g/mol. The van der Waals surface area contributed by atoms with E-state index >= 15 is 0 Å². The lowest BCUT2D eigenvalue weighted by Gasteiger charge is -2.36. The standard InChI is InChI=1S/C21H24N8O2/c1-13-10-18(29-21(25-13)23-12-24-29)27-6-8-28(9-7-27)19(30)5-4-16-14(2)17(11-22)20(31)26-15(16)3/h10,12H,4-9H2,1-3H3,(H,26,31). The van der Waals surface area contributed by atoms with Gasteiger partial charge in [-0.1, -0.05) is 0 Å². The zero-order valence-corrected chi connectivity index (χ0v) is 17.8. The van der Waals surface area contributed by atoms with Crippen LogP contribution in [0.25, 0.3) is 5.78 Å². The second-order valence-electron chi connectivity index (χ2n) is 7.76. The number of rotatable bonds is 4. The Bertz CT molecular complexity index is 1240. The Morgan fingerprint density at radius 2 is 1.97 bits per heavy atom. The molecule has 0 bridgehead atoms. The summed E-state index contributed by atoms with van der Waals surface area (Å²) in [6.45, 7) is 8.11. The second kappa shape index (κ2) is 8.18. The first kappa shape index (κ1) is 20.5. The van der Waals surface area contributed by atoms with Crippen molar-refractivity contribution >= 4 is 17.5 Å². The van der Waals surface area contributed by atoms with Gasteiger partial charge in [0.1, 0.15) is 23.8 Å². The van der Waals surface area contributed by atoms with E-state index in [1.807, 2.05) is 24.0 Å². The molecular formula is C21H24N8O2. The molecule has 1 N–H and O–H groups in total. The summed E-state index contributed by atoms with van der Waals surface area (Å²) in [5.74, 6) is 1.56. The molecule has 4 heterocycles. The van der Waals surface area contributed by atoms with Crippen molar-refractivity contribution < 1.29 is 4.79 Å². The van der Waals surface area contributed by atoms with Crippen LogP contribution in [0, 0.1) is 32.1 Å². The molecule has 0 atom stereocenters. The number of carbonyl (C=O) groups excluding carboxylic acids is 1. The molecule has 10 nitrogen and oxygen atoms in total. The van der Waals surface area contributed by atoms with Crippen molar-refractivity contribution in [2.45, 2.75) is 33.6 Å². The first-order valence-electron chi connectivity index (χ1n) is 10.2. The van der Waals surface area contributed by atoms with Crippen LogP contribution in [0.1, 0.15) is 34.5 Å². The Labute approximate surface area is 179 Å². The molecule has 1 aliphatic heterocycles. The Morgan fingerprint density at radius 1 is 1.23 bits per heavy atom. The lowest BCUT2D eigenvalue weighted by Crippen LogP contribution is -2.49. The maximum absolute atomic E-state index is 12.8. The summed E-state index contributed by atoms with van der Waals surface area (Å²) in [5, 5.41) is 13.5. The van der Waals surface area contributed by atoms with Gasteiger partial charge in [0.05, 0.1) is 0 Å². The fourth-order valence-corrected chi connectivity index (χ4v) is 4.13. The fraction of sp³-hybridized carbons (Fsp3) is 0.429. The van der Waals surface area contributed by atoms with Gasteiger partial charge < -0.3 is 14.8 Å². The van der Waals surface area contributed by atoms with Gasteiger partial charge >= 0.3 is 0 Å². The summed E-state index contributed by atoms with van der Waals surface area (Å²) in [5.41, 5.74) is 2.85. The molecule has 31 heavy (non-hydrogen) atoms. The molecule has 0 aromatic carbocycles. The molecule has 10 heteroatoms. The van der Waals surface area contributed by atoms with Crippen molar-refractivity contribution in [3.8, 4) is 6.07 Å².